The van der Waals surface area contributed by atoms with Crippen LogP contribution in [0.5, 0.6) is 0 Å². The molecule has 0 aromatic rings. The predicted octanol–water partition coefficient (Wildman–Crippen LogP) is 2.25. The van der Waals surface area contributed by atoms with Crippen LogP contribution in [0.25, 0.3) is 0 Å². The van der Waals surface area contributed by atoms with Crippen LogP contribution in [0, 0.1) is 6.08 Å². The van der Waals surface area contributed by atoms with Gasteiger partial charge in [-0.3, -0.25) is 0 Å². The molecule has 1 radical (unpaired) electrons. The highest BCUT2D eigenvalue weighted by Gasteiger charge is 1.94. The molecule has 0 heterocycles. The molecule has 0 aliphatic heterocycles. The van der Waals surface area contributed by atoms with Gasteiger partial charge in [0.15, 0.2) is 0 Å². The maximum atomic E-state index is 3.78. The van der Waals surface area contributed by atoms with E-state index in [1.165, 1.54) is 5.57 Å². The third-order valence-electron chi connectivity index (χ3n) is 1.15. The quantitative estimate of drug-likeness (QED) is 0.443. The van der Waals surface area contributed by atoms with Gasteiger partial charge in [-0.05, 0) is 25.0 Å². The molecule has 1 rings (SSSR count). The number of hydrogen-bond donors (Lipinski definition) is 0. The lowest BCUT2D eigenvalue weighted by molar-refractivity contribution is 1.13. The van der Waals surface area contributed by atoms with Crippen LogP contribution in [0.15, 0.2) is 29.9 Å². The van der Waals surface area contributed by atoms with Crippen molar-refractivity contribution in [2.45, 2.75) is 13.3 Å². The normalized spacial score (nSPS) is 18.6. The summed E-state index contributed by atoms with van der Waals surface area (Å²) in [5.41, 5.74) is 2.46. The van der Waals surface area contributed by atoms with Crippen molar-refractivity contribution in [3.05, 3.63) is 36.0 Å². The molecular weight excluding hydrogens is 96.1 g/mol. The van der Waals surface area contributed by atoms with E-state index in [4.69, 9.17) is 0 Å². The minimum absolute atomic E-state index is 0.997. The van der Waals surface area contributed by atoms with Gasteiger partial charge in [-0.1, -0.05) is 24.3 Å². The Labute approximate surface area is 50.2 Å². The van der Waals surface area contributed by atoms with E-state index in [0.29, 0.717) is 0 Å². The SMILES string of the molecule is C=C1[C]=CC=C(C)C1. The second kappa shape index (κ2) is 1.99. The van der Waals surface area contributed by atoms with Crippen molar-refractivity contribution in [2.75, 3.05) is 0 Å². The van der Waals surface area contributed by atoms with E-state index < -0.39 is 0 Å². The standard InChI is InChI=1S/C8H9/c1-7-4-3-5-8(2)6-7/h3,5H,1,6H2,2H3. The van der Waals surface area contributed by atoms with Crippen LogP contribution in [-0.4, -0.2) is 0 Å². The summed E-state index contributed by atoms with van der Waals surface area (Å²) in [5, 5.41) is 0. The van der Waals surface area contributed by atoms with Gasteiger partial charge in [-0.2, -0.15) is 0 Å². The third-order valence-corrected chi connectivity index (χ3v) is 1.15. The van der Waals surface area contributed by atoms with Gasteiger partial charge in [-0.25, -0.2) is 0 Å². The van der Waals surface area contributed by atoms with Crippen molar-refractivity contribution in [3.8, 4) is 0 Å². The van der Waals surface area contributed by atoms with Crippen molar-refractivity contribution in [1.82, 2.24) is 0 Å². The summed E-state index contributed by atoms with van der Waals surface area (Å²) in [6.07, 6.45) is 8.00. The molecule has 0 amide bonds. The number of allylic oxidation sites excluding steroid dienone is 5. The molecule has 0 atom stereocenters. The molecule has 0 fully saturated rings. The van der Waals surface area contributed by atoms with Gasteiger partial charge < -0.3 is 0 Å². The van der Waals surface area contributed by atoms with E-state index in [0.717, 1.165) is 12.0 Å². The molecule has 0 bridgehead atoms. The molecule has 0 N–H and O–H groups in total. The maximum Gasteiger partial charge on any atom is -0.00665 e. The monoisotopic (exact) mass is 105 g/mol. The van der Waals surface area contributed by atoms with Gasteiger partial charge in [0.2, 0.25) is 0 Å². The van der Waals surface area contributed by atoms with Crippen LogP contribution in [0.2, 0.25) is 0 Å². The molecule has 8 heavy (non-hydrogen) atoms. The van der Waals surface area contributed by atoms with Gasteiger partial charge in [0.05, 0.1) is 0 Å². The fourth-order valence-electron chi connectivity index (χ4n) is 0.748. The first-order valence-electron chi connectivity index (χ1n) is 2.72. The van der Waals surface area contributed by atoms with Crippen molar-refractivity contribution in [2.24, 2.45) is 0 Å². The molecule has 1 aliphatic carbocycles. The Morgan fingerprint density at radius 1 is 1.75 bits per heavy atom. The Hall–Kier alpha value is -0.780. The van der Waals surface area contributed by atoms with Crippen LogP contribution < -0.4 is 0 Å². The summed E-state index contributed by atoms with van der Waals surface area (Å²) in [4.78, 5) is 0. The van der Waals surface area contributed by atoms with E-state index in [2.05, 4.69) is 25.7 Å². The van der Waals surface area contributed by atoms with E-state index in [9.17, 15) is 0 Å². The summed E-state index contributed by atoms with van der Waals surface area (Å²) < 4.78 is 0. The maximum absolute atomic E-state index is 3.78. The van der Waals surface area contributed by atoms with Crippen LogP contribution >= 0.6 is 0 Å². The fourth-order valence-corrected chi connectivity index (χ4v) is 0.748. The van der Waals surface area contributed by atoms with Crippen molar-refractivity contribution in [1.29, 1.82) is 0 Å². The number of hydrogen-bond acceptors (Lipinski definition) is 0. The van der Waals surface area contributed by atoms with E-state index in [1.807, 2.05) is 6.08 Å². The lowest BCUT2D eigenvalue weighted by atomic mass is 10.0. The highest BCUT2D eigenvalue weighted by Crippen LogP contribution is 2.13. The summed E-state index contributed by atoms with van der Waals surface area (Å²) in [6, 6.07) is 0. The van der Waals surface area contributed by atoms with Crippen LogP contribution in [-0.2, 0) is 0 Å². The van der Waals surface area contributed by atoms with Crippen molar-refractivity contribution in [3.63, 3.8) is 0 Å². The molecule has 0 heteroatoms. The molecule has 0 spiro atoms. The highest BCUT2D eigenvalue weighted by atomic mass is 14.0. The second-order valence-electron chi connectivity index (χ2n) is 2.10. The topological polar surface area (TPSA) is 0 Å². The molecule has 0 nitrogen and oxygen atoms in total. The Balaban J connectivity index is 2.73. The summed E-state index contributed by atoms with van der Waals surface area (Å²) in [6.45, 7) is 5.88. The molecule has 0 aromatic carbocycles. The highest BCUT2D eigenvalue weighted by molar-refractivity contribution is 5.27. The summed E-state index contributed by atoms with van der Waals surface area (Å²) >= 11 is 0. The fraction of sp³-hybridized carbons (Fsp3) is 0.250. The average Bonchev–Trinajstić information content (AvgIpc) is 1.64. The van der Waals surface area contributed by atoms with Crippen LogP contribution in [0.3, 0.4) is 0 Å². The van der Waals surface area contributed by atoms with Gasteiger partial charge >= 0.3 is 0 Å². The lowest BCUT2D eigenvalue weighted by Crippen LogP contribution is -1.83. The van der Waals surface area contributed by atoms with Crippen molar-refractivity contribution < 1.29 is 0 Å². The molecule has 41 valence electrons. The third kappa shape index (κ3) is 1.09. The zero-order chi connectivity index (χ0) is 5.98. The van der Waals surface area contributed by atoms with Gasteiger partial charge in [0.25, 0.3) is 0 Å². The minimum Gasteiger partial charge on any atom is -0.0949 e. The van der Waals surface area contributed by atoms with Gasteiger partial charge in [0.1, 0.15) is 0 Å². The Bertz CT molecular complexity index is 159. The lowest BCUT2D eigenvalue weighted by Gasteiger charge is -2.02. The second-order valence-corrected chi connectivity index (χ2v) is 2.10. The average molecular weight is 105 g/mol. The summed E-state index contributed by atoms with van der Waals surface area (Å²) in [5.74, 6) is 0. The minimum atomic E-state index is 0.997. The van der Waals surface area contributed by atoms with Crippen LogP contribution in [0.4, 0.5) is 0 Å². The first-order valence-corrected chi connectivity index (χ1v) is 2.72. The summed E-state index contributed by atoms with van der Waals surface area (Å²) in [7, 11) is 0. The molecule has 0 aromatic heterocycles. The van der Waals surface area contributed by atoms with Crippen molar-refractivity contribution >= 4 is 0 Å². The Kier molecular flexibility index (Phi) is 1.34. The Morgan fingerprint density at radius 3 is 2.88 bits per heavy atom. The van der Waals surface area contributed by atoms with E-state index in [-0.39, 0.29) is 0 Å². The molecule has 0 saturated heterocycles. The number of rotatable bonds is 0. The first-order chi connectivity index (χ1) is 3.79. The van der Waals surface area contributed by atoms with Crippen LogP contribution in [0.1, 0.15) is 13.3 Å². The largest absolute Gasteiger partial charge is 0.0949 e. The van der Waals surface area contributed by atoms with E-state index in [1.54, 1.807) is 0 Å². The molecule has 1 aliphatic rings. The Morgan fingerprint density at radius 2 is 2.50 bits per heavy atom. The molecular formula is C8H9. The zero-order valence-corrected chi connectivity index (χ0v) is 5.07. The zero-order valence-electron chi connectivity index (χ0n) is 5.07. The smallest absolute Gasteiger partial charge is 0.00665 e. The van der Waals surface area contributed by atoms with Gasteiger partial charge in [-0.15, -0.1) is 0 Å². The molecule has 0 unspecified atom stereocenters. The van der Waals surface area contributed by atoms with Gasteiger partial charge in [0, 0.05) is 0 Å². The molecule has 0 saturated carbocycles. The predicted molar refractivity (Wildman–Crippen MR) is 35.3 cm³/mol. The van der Waals surface area contributed by atoms with E-state index >= 15 is 0 Å². The first kappa shape index (κ1) is 5.36.